The molecule has 0 radical (unpaired) electrons. The van der Waals surface area contributed by atoms with Gasteiger partial charge in [-0.25, -0.2) is 9.37 Å². The van der Waals surface area contributed by atoms with E-state index in [0.29, 0.717) is 28.3 Å². The number of carbonyl (C=O) groups excluding carboxylic acids is 1. The maximum atomic E-state index is 12.6. The Kier molecular flexibility index (Phi) is 16.5. The SMILES string of the molecule is O=C([O-])c1ccc(C(=O)O)c(-c2c3ccc(=[N+](CCCCS(=O)(=O)O)CCCCS(=O)(=O)O)cc-3oc3cc(C(CCCS(=O)(=O)O)NCCCCS(=O)(=O)O)ccc23)c1. The van der Waals surface area contributed by atoms with Gasteiger partial charge in [0.15, 0.2) is 0 Å². The lowest BCUT2D eigenvalue weighted by molar-refractivity contribution is -0.255. The fourth-order valence-electron chi connectivity index (χ4n) is 6.75. The van der Waals surface area contributed by atoms with Crippen LogP contribution in [0.15, 0.2) is 59.0 Å². The van der Waals surface area contributed by atoms with Crippen LogP contribution in [-0.4, -0.2) is 112 Å². The number of unbranched alkanes of at least 4 members (excludes halogenated alkanes) is 3. The fraction of sp³-hybridized carbons (Fsp3) is 0.432. The summed E-state index contributed by atoms with van der Waals surface area (Å²) in [6.07, 6.45) is 1.31. The maximum Gasteiger partial charge on any atom is 0.336 e. The van der Waals surface area contributed by atoms with Crippen LogP contribution < -0.4 is 20.4 Å². The summed E-state index contributed by atoms with van der Waals surface area (Å²) in [6, 6.07) is 12.6. The first-order chi connectivity index (χ1) is 27.9. The van der Waals surface area contributed by atoms with Crippen LogP contribution in [-0.2, 0) is 40.5 Å². The Morgan fingerprint density at radius 3 is 1.78 bits per heavy atom. The van der Waals surface area contributed by atoms with Gasteiger partial charge in [-0.3, -0.25) is 18.2 Å². The number of aromatic carboxylic acids is 2. The van der Waals surface area contributed by atoms with Crippen molar-refractivity contribution in [1.29, 1.82) is 0 Å². The highest BCUT2D eigenvalue weighted by Crippen LogP contribution is 2.42. The van der Waals surface area contributed by atoms with Gasteiger partial charge in [0, 0.05) is 41.5 Å². The van der Waals surface area contributed by atoms with Gasteiger partial charge in [0.2, 0.25) is 5.36 Å². The lowest BCUT2D eigenvalue weighted by atomic mass is 9.88. The molecule has 1 atom stereocenters. The molecule has 1 unspecified atom stereocenters. The van der Waals surface area contributed by atoms with Crippen molar-refractivity contribution in [1.82, 2.24) is 9.89 Å². The van der Waals surface area contributed by atoms with Crippen LogP contribution in [0.2, 0.25) is 0 Å². The van der Waals surface area contributed by atoms with Crippen molar-refractivity contribution < 1.29 is 76.1 Å². The third kappa shape index (κ3) is 15.3. The summed E-state index contributed by atoms with van der Waals surface area (Å²) in [5, 5.41) is 26.3. The van der Waals surface area contributed by atoms with E-state index >= 15 is 0 Å². The summed E-state index contributed by atoms with van der Waals surface area (Å²) >= 11 is 0. The molecule has 0 spiro atoms. The minimum absolute atomic E-state index is 0.00412. The molecule has 1 aliphatic heterocycles. The third-order valence-corrected chi connectivity index (χ3v) is 12.7. The molecule has 1 aliphatic carbocycles. The second-order valence-corrected chi connectivity index (χ2v) is 20.5. The quantitative estimate of drug-likeness (QED) is 0.0254. The number of hydrogen-bond acceptors (Lipinski definition) is 13. The Hall–Kier alpha value is -4.33. The number of carbonyl (C=O) groups is 2. The number of fused-ring (bicyclic) bond motifs is 2. The second kappa shape index (κ2) is 20.5. The zero-order valence-corrected chi connectivity index (χ0v) is 35.4. The van der Waals surface area contributed by atoms with E-state index in [1.54, 1.807) is 41.0 Å². The van der Waals surface area contributed by atoms with E-state index in [2.05, 4.69) is 5.32 Å². The molecule has 0 saturated carbocycles. The molecule has 0 aromatic heterocycles. The summed E-state index contributed by atoms with van der Waals surface area (Å²) in [4.78, 5) is 24.6. The van der Waals surface area contributed by atoms with E-state index in [4.69, 9.17) is 8.97 Å². The zero-order valence-electron chi connectivity index (χ0n) is 32.1. The Balaban J connectivity index is 1.95. The summed E-state index contributed by atoms with van der Waals surface area (Å²) in [7, 11) is -17.0. The van der Waals surface area contributed by atoms with Crippen molar-refractivity contribution in [3.63, 3.8) is 0 Å². The number of nitrogens with one attached hydrogen (secondary N) is 1. The largest absolute Gasteiger partial charge is 0.545 e. The van der Waals surface area contributed by atoms with E-state index in [-0.39, 0.29) is 98.2 Å². The van der Waals surface area contributed by atoms with E-state index in [0.717, 1.165) is 18.2 Å². The van der Waals surface area contributed by atoms with Crippen molar-refractivity contribution in [2.24, 2.45) is 0 Å². The standard InChI is InChI=1S/C37H46N2O17S4/c40-36(41)26-10-12-28(37(42)43)31(22-26)35-29-13-9-25(32(8-7-21-60(53,54)55)38-15-1-4-18-57(44,45)46)23-33(29)56-34-24-27(11-14-30(34)35)39(16-2-5-19-58(47,48)49)17-3-6-20-59(50,51)52/h9-14,22-24,32,38H,1-8,15-21H2,(H5-,40,41,42,43,44,45,46,47,48,49,50,51,52,53,54,55). The van der Waals surface area contributed by atoms with Gasteiger partial charge in [-0.2, -0.15) is 33.7 Å². The average Bonchev–Trinajstić information content (AvgIpc) is 3.13. The molecule has 330 valence electrons. The van der Waals surface area contributed by atoms with Gasteiger partial charge >= 0.3 is 5.97 Å². The highest BCUT2D eigenvalue weighted by Gasteiger charge is 2.25. The molecule has 1 heterocycles. The first-order valence-electron chi connectivity index (χ1n) is 18.6. The molecule has 6 N–H and O–H groups in total. The van der Waals surface area contributed by atoms with Gasteiger partial charge in [0.25, 0.3) is 40.5 Å². The molecule has 0 amide bonds. The number of carboxylic acid groups (broad SMARTS) is 2. The molecule has 2 aliphatic rings. The Morgan fingerprint density at radius 1 is 0.667 bits per heavy atom. The van der Waals surface area contributed by atoms with Gasteiger partial charge < -0.3 is 24.7 Å². The maximum absolute atomic E-state index is 12.6. The lowest BCUT2D eigenvalue weighted by Gasteiger charge is -2.22. The molecule has 60 heavy (non-hydrogen) atoms. The number of rotatable bonds is 24. The first-order valence-corrected chi connectivity index (χ1v) is 25.1. The van der Waals surface area contributed by atoms with Crippen molar-refractivity contribution >= 4 is 63.4 Å². The van der Waals surface area contributed by atoms with Crippen molar-refractivity contribution in [2.75, 3.05) is 42.6 Å². The first kappa shape index (κ1) is 48.3. The van der Waals surface area contributed by atoms with Gasteiger partial charge in [-0.15, -0.1) is 0 Å². The smallest absolute Gasteiger partial charge is 0.336 e. The fourth-order valence-corrected chi connectivity index (χ4v) is 8.99. The summed E-state index contributed by atoms with van der Waals surface area (Å²) in [5.41, 5.74) is 0.751. The molecular weight excluding hydrogens is 873 g/mol. The molecule has 2 aromatic carbocycles. The normalized spacial score (nSPS) is 13.1. The number of hydrogen-bond donors (Lipinski definition) is 6. The molecule has 0 fully saturated rings. The highest BCUT2D eigenvalue weighted by molar-refractivity contribution is 7.86. The number of nitrogens with zero attached hydrogens (tertiary/aromatic N) is 1. The van der Waals surface area contributed by atoms with E-state index in [9.17, 15) is 67.1 Å². The molecule has 19 nitrogen and oxygen atoms in total. The van der Waals surface area contributed by atoms with Crippen LogP contribution >= 0.6 is 0 Å². The summed E-state index contributed by atoms with van der Waals surface area (Å²) in [5.74, 6) is -4.80. The van der Waals surface area contributed by atoms with E-state index in [1.165, 1.54) is 0 Å². The third-order valence-electron chi connectivity index (χ3n) is 9.53. The Bertz CT molecular complexity index is 2650. The molecule has 2 aromatic rings. The van der Waals surface area contributed by atoms with Crippen LogP contribution in [0.4, 0.5) is 0 Å². The summed E-state index contributed by atoms with van der Waals surface area (Å²) in [6.45, 7) is 0.695. The van der Waals surface area contributed by atoms with Crippen molar-refractivity contribution in [2.45, 2.75) is 57.4 Å². The van der Waals surface area contributed by atoms with Crippen LogP contribution in [0.25, 0.3) is 33.4 Å². The Morgan fingerprint density at radius 2 is 1.23 bits per heavy atom. The van der Waals surface area contributed by atoms with E-state index in [1.807, 2.05) is 0 Å². The van der Waals surface area contributed by atoms with Crippen LogP contribution in [0.1, 0.15) is 83.7 Å². The average molecular weight is 919 g/mol. The number of benzene rings is 3. The minimum Gasteiger partial charge on any atom is -0.545 e. The molecule has 0 bridgehead atoms. The lowest BCUT2D eigenvalue weighted by Crippen LogP contribution is -2.32. The van der Waals surface area contributed by atoms with E-state index < -0.39 is 81.5 Å². The molecule has 0 saturated heterocycles. The monoisotopic (exact) mass is 918 g/mol. The van der Waals surface area contributed by atoms with Crippen LogP contribution in [0.3, 0.4) is 0 Å². The van der Waals surface area contributed by atoms with Gasteiger partial charge in [-0.05, 0) is 86.0 Å². The highest BCUT2D eigenvalue weighted by atomic mass is 32.2. The summed E-state index contributed by atoms with van der Waals surface area (Å²) < 4.78 is 136. The zero-order chi connectivity index (χ0) is 44.5. The van der Waals surface area contributed by atoms with Gasteiger partial charge in [0.1, 0.15) is 24.4 Å². The number of carboxylic acids is 2. The van der Waals surface area contributed by atoms with Crippen LogP contribution in [0, 0.1) is 0 Å². The predicted molar refractivity (Wildman–Crippen MR) is 218 cm³/mol. The second-order valence-electron chi connectivity index (χ2n) is 14.2. The van der Waals surface area contributed by atoms with Gasteiger partial charge in [-0.1, -0.05) is 18.2 Å². The Labute approximate surface area is 347 Å². The predicted octanol–water partition coefficient (Wildman–Crippen LogP) is 2.34. The molecular formula is C37H46N2O17S4. The molecule has 4 rings (SSSR count). The van der Waals surface area contributed by atoms with Gasteiger partial charge in [0.05, 0.1) is 40.6 Å². The van der Waals surface area contributed by atoms with Crippen LogP contribution in [0.5, 0.6) is 0 Å². The minimum atomic E-state index is -4.32. The topological polar surface area (TPSA) is 323 Å². The van der Waals surface area contributed by atoms with Crippen molar-refractivity contribution in [3.8, 4) is 22.5 Å². The van der Waals surface area contributed by atoms with Crippen molar-refractivity contribution in [3.05, 3.63) is 76.6 Å². The molecule has 23 heteroatoms.